The molecular weight excluding hydrogens is 215 g/mol. The van der Waals surface area contributed by atoms with E-state index in [1.54, 1.807) is 0 Å². The predicted molar refractivity (Wildman–Crippen MR) is 39.1 cm³/mol. The molecule has 0 aliphatic carbocycles. The van der Waals surface area contributed by atoms with Gasteiger partial charge in [-0.2, -0.15) is 8.42 Å². The molecule has 0 spiro atoms. The summed E-state index contributed by atoms with van der Waals surface area (Å²) >= 11 is 5.73. The largest absolute Gasteiger partial charge is 0.305 e. The van der Waals surface area contributed by atoms with Gasteiger partial charge in [0.15, 0.2) is 10.0 Å². The monoisotopic (exact) mass is 216 g/mol. The fourth-order valence-electron chi connectivity index (χ4n) is 0.480. The Labute approximate surface area is 71.2 Å². The lowest BCUT2D eigenvalue weighted by molar-refractivity contribution is 0.485. The third-order valence-corrected chi connectivity index (χ3v) is 3.82. The van der Waals surface area contributed by atoms with Crippen molar-refractivity contribution in [1.82, 2.24) is 0 Å². The van der Waals surface area contributed by atoms with Gasteiger partial charge in [0.05, 0.1) is 0 Å². The Morgan fingerprint density at radius 2 is 2.18 bits per heavy atom. The molecule has 0 aliphatic heterocycles. The maximum absolute atomic E-state index is 12.4. The maximum Gasteiger partial charge on any atom is 0.305 e. The van der Waals surface area contributed by atoms with Crippen LogP contribution in [0.5, 0.6) is 0 Å². The molecule has 11 heavy (non-hydrogen) atoms. The van der Waals surface area contributed by atoms with E-state index in [0.29, 0.717) is 11.3 Å². The summed E-state index contributed by atoms with van der Waals surface area (Å²) < 4.78 is 41.0. The van der Waals surface area contributed by atoms with Crippen LogP contribution in [0.4, 0.5) is 4.39 Å². The molecule has 0 unspecified atom stereocenters. The Hall–Kier alpha value is -0.170. The molecule has 1 heterocycles. The first-order chi connectivity index (χ1) is 4.93. The Balaban J connectivity index is 3.38. The lowest BCUT2D eigenvalue weighted by atomic mass is 10.6. The molecule has 0 aliphatic rings. The van der Waals surface area contributed by atoms with Gasteiger partial charge < -0.3 is 0 Å². The summed E-state index contributed by atoms with van der Waals surface area (Å²) in [6.45, 7) is 0. The van der Waals surface area contributed by atoms with Gasteiger partial charge in [-0.1, -0.05) is 11.6 Å². The van der Waals surface area contributed by atoms with E-state index in [1.807, 2.05) is 0 Å². The summed E-state index contributed by atoms with van der Waals surface area (Å²) in [6, 6.07) is 0. The van der Waals surface area contributed by atoms with Crippen LogP contribution in [0.15, 0.2) is 9.59 Å². The molecule has 0 aromatic carbocycles. The van der Waals surface area contributed by atoms with Gasteiger partial charge in [0.1, 0.15) is 5.02 Å². The summed E-state index contributed by atoms with van der Waals surface area (Å²) in [5, 5.41) is 0.350. The fraction of sp³-hybridized carbons (Fsp3) is 0. The third kappa shape index (κ3) is 1.70. The molecule has 0 amide bonds. The highest BCUT2D eigenvalue weighted by atomic mass is 35.5. The van der Waals surface area contributed by atoms with Crippen LogP contribution in [0.1, 0.15) is 0 Å². The van der Waals surface area contributed by atoms with E-state index in [4.69, 9.17) is 16.2 Å². The Morgan fingerprint density at radius 3 is 2.36 bits per heavy atom. The van der Waals surface area contributed by atoms with Crippen LogP contribution >= 0.6 is 22.9 Å². The van der Waals surface area contributed by atoms with Gasteiger partial charge in [-0.15, -0.1) is 11.3 Å². The molecule has 0 fully saturated rings. The van der Waals surface area contributed by atoms with Crippen molar-refractivity contribution in [2.75, 3.05) is 0 Å². The lowest BCUT2D eigenvalue weighted by Gasteiger charge is -1.89. The van der Waals surface area contributed by atoms with E-state index < -0.39 is 25.2 Å². The smallest absolute Gasteiger partial charge is 0.281 e. The Kier molecular flexibility index (Phi) is 2.19. The van der Waals surface area contributed by atoms with Gasteiger partial charge in [-0.25, -0.2) is 4.39 Å². The van der Waals surface area contributed by atoms with Crippen molar-refractivity contribution in [2.24, 2.45) is 0 Å². The van der Waals surface area contributed by atoms with Crippen LogP contribution in [0.3, 0.4) is 0 Å². The second-order valence-corrected chi connectivity index (χ2v) is 4.53. The molecule has 1 aromatic heterocycles. The summed E-state index contributed by atoms with van der Waals surface area (Å²) in [5.74, 6) is -0.843. The van der Waals surface area contributed by atoms with E-state index in [-0.39, 0.29) is 0 Å². The molecular formula is C4H2ClFO3S2. The third-order valence-electron chi connectivity index (χ3n) is 0.893. The van der Waals surface area contributed by atoms with E-state index in [0.717, 1.165) is 5.38 Å². The molecule has 62 valence electrons. The topological polar surface area (TPSA) is 54.4 Å². The number of hydrogen-bond acceptors (Lipinski definition) is 3. The summed E-state index contributed by atoms with van der Waals surface area (Å²) in [6.07, 6.45) is 0. The molecule has 3 nitrogen and oxygen atoms in total. The van der Waals surface area contributed by atoms with Crippen molar-refractivity contribution in [1.29, 1.82) is 0 Å². The first kappa shape index (κ1) is 8.92. The Morgan fingerprint density at radius 1 is 1.64 bits per heavy atom. The van der Waals surface area contributed by atoms with Gasteiger partial charge >= 0.3 is 10.1 Å². The van der Waals surface area contributed by atoms with Gasteiger partial charge in [-0.3, -0.25) is 4.55 Å². The van der Waals surface area contributed by atoms with E-state index >= 15 is 0 Å². The number of rotatable bonds is 1. The second-order valence-electron chi connectivity index (χ2n) is 1.66. The van der Waals surface area contributed by atoms with Gasteiger partial charge in [0.2, 0.25) is 0 Å². The van der Waals surface area contributed by atoms with Crippen molar-refractivity contribution in [2.45, 2.75) is 4.21 Å². The normalized spacial score (nSPS) is 11.9. The van der Waals surface area contributed by atoms with Crippen LogP contribution in [0.2, 0.25) is 5.02 Å². The van der Waals surface area contributed by atoms with Gasteiger partial charge in [0.25, 0.3) is 0 Å². The maximum atomic E-state index is 12.4. The molecule has 1 rings (SSSR count). The molecule has 0 bridgehead atoms. The fourth-order valence-corrected chi connectivity index (χ4v) is 2.51. The van der Waals surface area contributed by atoms with Crippen molar-refractivity contribution in [3.8, 4) is 0 Å². The molecule has 0 atom stereocenters. The molecule has 1 aromatic rings. The first-order valence-electron chi connectivity index (χ1n) is 2.33. The summed E-state index contributed by atoms with van der Waals surface area (Å²) in [7, 11) is -4.37. The quantitative estimate of drug-likeness (QED) is 0.729. The summed E-state index contributed by atoms with van der Waals surface area (Å²) in [5.41, 5.74) is 0. The average molecular weight is 217 g/mol. The van der Waals surface area contributed by atoms with E-state index in [1.165, 1.54) is 0 Å². The van der Waals surface area contributed by atoms with E-state index in [9.17, 15) is 12.8 Å². The minimum absolute atomic E-state index is 0.538. The lowest BCUT2D eigenvalue weighted by Crippen LogP contribution is -1.94. The molecule has 7 heteroatoms. The average Bonchev–Trinajstić information content (AvgIpc) is 2.11. The zero-order valence-electron chi connectivity index (χ0n) is 4.91. The highest BCUT2D eigenvalue weighted by Gasteiger charge is 2.19. The van der Waals surface area contributed by atoms with Crippen LogP contribution in [0, 0.1) is 5.82 Å². The minimum atomic E-state index is -4.37. The SMILES string of the molecule is O=S(=O)(O)c1scc(F)c1Cl. The highest BCUT2D eigenvalue weighted by molar-refractivity contribution is 7.88. The van der Waals surface area contributed by atoms with Gasteiger partial charge in [-0.05, 0) is 0 Å². The van der Waals surface area contributed by atoms with Crippen LogP contribution in [0.25, 0.3) is 0 Å². The standard InChI is InChI=1S/C4H2ClFO3S2/c5-3-2(6)1-10-4(3)11(7,8)9/h1H,(H,7,8,9). The van der Waals surface area contributed by atoms with Crippen molar-refractivity contribution in [3.05, 3.63) is 16.2 Å². The van der Waals surface area contributed by atoms with Gasteiger partial charge in [0, 0.05) is 5.38 Å². The molecule has 1 N–H and O–H groups in total. The minimum Gasteiger partial charge on any atom is -0.281 e. The number of hydrogen-bond donors (Lipinski definition) is 1. The zero-order chi connectivity index (χ0) is 8.65. The second kappa shape index (κ2) is 2.71. The summed E-state index contributed by atoms with van der Waals surface area (Å²) in [4.78, 5) is 0. The number of halogens is 2. The van der Waals surface area contributed by atoms with E-state index in [2.05, 4.69) is 0 Å². The highest BCUT2D eigenvalue weighted by Crippen LogP contribution is 2.30. The zero-order valence-corrected chi connectivity index (χ0v) is 7.30. The van der Waals surface area contributed by atoms with Crippen LogP contribution in [-0.4, -0.2) is 13.0 Å². The Bertz CT molecular complexity index is 369. The molecule has 0 saturated carbocycles. The first-order valence-corrected chi connectivity index (χ1v) is 5.02. The number of thiophene rings is 1. The predicted octanol–water partition coefficient (Wildman–Crippen LogP) is 1.79. The molecule has 0 saturated heterocycles. The van der Waals surface area contributed by atoms with Crippen molar-refractivity contribution < 1.29 is 17.4 Å². The molecule has 0 radical (unpaired) electrons. The van der Waals surface area contributed by atoms with Crippen molar-refractivity contribution in [3.63, 3.8) is 0 Å². The van der Waals surface area contributed by atoms with Crippen LogP contribution < -0.4 is 0 Å². The van der Waals surface area contributed by atoms with Crippen LogP contribution in [-0.2, 0) is 10.1 Å². The van der Waals surface area contributed by atoms with Crippen molar-refractivity contribution >= 4 is 33.1 Å².